The summed E-state index contributed by atoms with van der Waals surface area (Å²) in [6.07, 6.45) is -0.882. The first-order chi connectivity index (χ1) is 13.4. The van der Waals surface area contributed by atoms with E-state index in [9.17, 15) is 18.4 Å². The molecule has 0 atom stereocenters. The average Bonchev–Trinajstić information content (AvgIpc) is 2.69. The van der Waals surface area contributed by atoms with Gasteiger partial charge in [-0.2, -0.15) is 0 Å². The molecule has 0 saturated heterocycles. The van der Waals surface area contributed by atoms with Gasteiger partial charge in [0.1, 0.15) is 17.8 Å². The number of carbonyl (C=O) groups is 2. The van der Waals surface area contributed by atoms with Crippen LogP contribution in [0.5, 0.6) is 0 Å². The van der Waals surface area contributed by atoms with E-state index < -0.39 is 29.6 Å². The Hall–Kier alpha value is -3.25. The molecule has 7 heteroatoms. The quantitative estimate of drug-likeness (QED) is 0.620. The lowest BCUT2D eigenvalue weighted by atomic mass is 10.1. The predicted molar refractivity (Wildman–Crippen MR) is 102 cm³/mol. The van der Waals surface area contributed by atoms with E-state index in [0.717, 1.165) is 0 Å². The van der Waals surface area contributed by atoms with Crippen molar-refractivity contribution in [2.45, 2.75) is 6.17 Å². The summed E-state index contributed by atoms with van der Waals surface area (Å²) in [5, 5.41) is 5.88. The fourth-order valence-corrected chi connectivity index (χ4v) is 2.62. The highest BCUT2D eigenvalue weighted by Gasteiger charge is 2.19. The van der Waals surface area contributed by atoms with Crippen LogP contribution in [-0.4, -0.2) is 11.8 Å². The number of amides is 2. The molecule has 0 aliphatic heterocycles. The second-order valence-electron chi connectivity index (χ2n) is 5.95. The Balaban J connectivity index is 1.83. The molecule has 0 fully saturated rings. The number of hydrogen-bond donors (Lipinski definition) is 2. The van der Waals surface area contributed by atoms with Gasteiger partial charge < -0.3 is 10.6 Å². The van der Waals surface area contributed by atoms with Gasteiger partial charge in [-0.3, -0.25) is 9.59 Å². The molecule has 3 aromatic rings. The molecule has 2 N–H and O–H groups in total. The summed E-state index contributed by atoms with van der Waals surface area (Å²) in [6.45, 7) is 0. The minimum absolute atomic E-state index is 0.233. The van der Waals surface area contributed by atoms with Gasteiger partial charge >= 0.3 is 0 Å². The van der Waals surface area contributed by atoms with Gasteiger partial charge in [-0.05, 0) is 66.2 Å². The summed E-state index contributed by atoms with van der Waals surface area (Å²) >= 11 is 5.90. The van der Waals surface area contributed by atoms with E-state index in [2.05, 4.69) is 10.6 Å². The van der Waals surface area contributed by atoms with E-state index >= 15 is 0 Å². The fourth-order valence-electron chi connectivity index (χ4n) is 2.49. The third-order valence-electron chi connectivity index (χ3n) is 3.97. The third kappa shape index (κ3) is 4.92. The summed E-state index contributed by atoms with van der Waals surface area (Å²) in [6, 6.07) is 16.6. The second-order valence-corrected chi connectivity index (χ2v) is 6.38. The van der Waals surface area contributed by atoms with Crippen LogP contribution in [0.1, 0.15) is 32.4 Å². The van der Waals surface area contributed by atoms with Crippen LogP contribution in [0.25, 0.3) is 0 Å². The zero-order valence-electron chi connectivity index (χ0n) is 14.5. The third-order valence-corrected chi connectivity index (χ3v) is 4.22. The van der Waals surface area contributed by atoms with Crippen molar-refractivity contribution in [3.8, 4) is 0 Å². The van der Waals surface area contributed by atoms with E-state index in [1.807, 2.05) is 0 Å². The van der Waals surface area contributed by atoms with Gasteiger partial charge in [0.05, 0.1) is 0 Å². The Morgan fingerprint density at radius 2 is 1.07 bits per heavy atom. The molecule has 28 heavy (non-hydrogen) atoms. The van der Waals surface area contributed by atoms with Crippen molar-refractivity contribution < 1.29 is 18.4 Å². The largest absolute Gasteiger partial charge is 0.328 e. The highest BCUT2D eigenvalue weighted by Crippen LogP contribution is 2.17. The average molecular weight is 401 g/mol. The standard InChI is InChI=1S/C21H15ClF2N2O2/c22-16-7-1-13(2-8-16)19(25-20(27)14-3-9-17(23)10-4-14)26-21(28)15-5-11-18(24)12-6-15/h1-12,19H,(H,25,27)(H,26,28). The summed E-state index contributed by atoms with van der Waals surface area (Å²) < 4.78 is 26.2. The lowest BCUT2D eigenvalue weighted by Crippen LogP contribution is -2.41. The molecule has 2 amide bonds. The Morgan fingerprint density at radius 1 is 0.679 bits per heavy atom. The highest BCUT2D eigenvalue weighted by atomic mass is 35.5. The summed E-state index contributed by atoms with van der Waals surface area (Å²) in [4.78, 5) is 25.0. The highest BCUT2D eigenvalue weighted by molar-refractivity contribution is 6.30. The lowest BCUT2D eigenvalue weighted by molar-refractivity contribution is 0.0883. The lowest BCUT2D eigenvalue weighted by Gasteiger charge is -2.21. The van der Waals surface area contributed by atoms with Crippen molar-refractivity contribution in [3.63, 3.8) is 0 Å². The number of hydrogen-bond acceptors (Lipinski definition) is 2. The minimum Gasteiger partial charge on any atom is -0.328 e. The molecule has 0 unspecified atom stereocenters. The topological polar surface area (TPSA) is 58.2 Å². The molecule has 142 valence electrons. The Kier molecular flexibility index (Phi) is 6.01. The maximum absolute atomic E-state index is 13.1. The first-order valence-corrected chi connectivity index (χ1v) is 8.68. The first kappa shape index (κ1) is 19.5. The van der Waals surface area contributed by atoms with E-state index in [1.54, 1.807) is 24.3 Å². The van der Waals surface area contributed by atoms with Crippen LogP contribution in [0.2, 0.25) is 5.02 Å². The molecule has 0 saturated carbocycles. The van der Waals surface area contributed by atoms with Crippen LogP contribution in [0.4, 0.5) is 8.78 Å². The normalized spacial score (nSPS) is 10.6. The molecule has 0 bridgehead atoms. The minimum atomic E-state index is -0.882. The summed E-state index contributed by atoms with van der Waals surface area (Å²) in [7, 11) is 0. The van der Waals surface area contributed by atoms with Gasteiger partial charge in [-0.1, -0.05) is 23.7 Å². The van der Waals surface area contributed by atoms with Crippen molar-refractivity contribution in [1.82, 2.24) is 10.6 Å². The number of nitrogens with one attached hydrogen (secondary N) is 2. The van der Waals surface area contributed by atoms with Gasteiger partial charge in [0.2, 0.25) is 0 Å². The molecule has 0 aliphatic rings. The maximum atomic E-state index is 13.1. The molecule has 0 aromatic heterocycles. The van der Waals surface area contributed by atoms with Gasteiger partial charge in [-0.25, -0.2) is 8.78 Å². The van der Waals surface area contributed by atoms with Crippen molar-refractivity contribution in [1.29, 1.82) is 0 Å². The summed E-state index contributed by atoms with van der Waals surface area (Å²) in [5.74, 6) is -1.93. The van der Waals surface area contributed by atoms with Crippen LogP contribution < -0.4 is 10.6 Å². The Bertz CT molecular complexity index is 915. The smallest absolute Gasteiger partial charge is 0.253 e. The van der Waals surface area contributed by atoms with Crippen LogP contribution in [0.3, 0.4) is 0 Å². The molecule has 0 aliphatic carbocycles. The Labute approximate surface area is 165 Å². The Morgan fingerprint density at radius 3 is 1.46 bits per heavy atom. The van der Waals surface area contributed by atoms with Crippen LogP contribution in [-0.2, 0) is 0 Å². The van der Waals surface area contributed by atoms with Crippen molar-refractivity contribution in [2.75, 3.05) is 0 Å². The van der Waals surface area contributed by atoms with Crippen molar-refractivity contribution >= 4 is 23.4 Å². The zero-order valence-corrected chi connectivity index (χ0v) is 15.2. The van der Waals surface area contributed by atoms with Crippen LogP contribution in [0, 0.1) is 11.6 Å². The molecule has 0 radical (unpaired) electrons. The maximum Gasteiger partial charge on any atom is 0.253 e. The van der Waals surface area contributed by atoms with Gasteiger partial charge in [0, 0.05) is 16.1 Å². The monoisotopic (exact) mass is 400 g/mol. The number of benzene rings is 3. The number of halogens is 3. The fraction of sp³-hybridized carbons (Fsp3) is 0.0476. The van der Waals surface area contributed by atoms with Gasteiger partial charge in [0.15, 0.2) is 0 Å². The van der Waals surface area contributed by atoms with Crippen LogP contribution >= 0.6 is 11.6 Å². The number of carbonyl (C=O) groups excluding carboxylic acids is 2. The van der Waals surface area contributed by atoms with E-state index in [-0.39, 0.29) is 11.1 Å². The van der Waals surface area contributed by atoms with E-state index in [4.69, 9.17) is 11.6 Å². The van der Waals surface area contributed by atoms with Gasteiger partial charge in [0.25, 0.3) is 11.8 Å². The molecular formula is C21H15ClF2N2O2. The van der Waals surface area contributed by atoms with E-state index in [1.165, 1.54) is 48.5 Å². The number of rotatable bonds is 5. The zero-order chi connectivity index (χ0) is 20.1. The summed E-state index contributed by atoms with van der Waals surface area (Å²) in [5.41, 5.74) is 1.04. The predicted octanol–water partition coefficient (Wildman–Crippen LogP) is 4.48. The second kappa shape index (κ2) is 8.63. The molecule has 0 heterocycles. The van der Waals surface area contributed by atoms with Crippen LogP contribution in [0.15, 0.2) is 72.8 Å². The first-order valence-electron chi connectivity index (χ1n) is 8.31. The van der Waals surface area contributed by atoms with E-state index in [0.29, 0.717) is 10.6 Å². The SMILES string of the molecule is O=C(NC(NC(=O)c1ccc(F)cc1)c1ccc(Cl)cc1)c1ccc(F)cc1. The van der Waals surface area contributed by atoms with Crippen molar-refractivity contribution in [2.24, 2.45) is 0 Å². The molecular weight excluding hydrogens is 386 g/mol. The molecule has 3 aromatic carbocycles. The molecule has 4 nitrogen and oxygen atoms in total. The molecule has 3 rings (SSSR count). The van der Waals surface area contributed by atoms with Crippen molar-refractivity contribution in [3.05, 3.63) is 106 Å². The molecule has 0 spiro atoms. The van der Waals surface area contributed by atoms with Gasteiger partial charge in [-0.15, -0.1) is 0 Å².